The van der Waals surface area contributed by atoms with Crippen molar-refractivity contribution in [2.75, 3.05) is 6.67 Å². The number of hydrogen-bond acceptors (Lipinski definition) is 3. The van der Waals surface area contributed by atoms with Gasteiger partial charge in [-0.1, -0.05) is 41.6 Å². The van der Waals surface area contributed by atoms with E-state index in [2.05, 4.69) is 5.16 Å². The van der Waals surface area contributed by atoms with Gasteiger partial charge >= 0.3 is 0 Å². The summed E-state index contributed by atoms with van der Waals surface area (Å²) in [6, 6.07) is 13.4. The summed E-state index contributed by atoms with van der Waals surface area (Å²) in [4.78, 5) is 6.47. The zero-order valence-corrected chi connectivity index (χ0v) is 10.5. The molecule has 0 saturated carbocycles. The number of halogens is 1. The standard InChI is InChI=1S/C14H12FNOS/c15-10-14(11-5-2-1-3-6-11)9-12(16-17-14)13-7-4-8-18-13/h1-8H,9-10H2/t14-/m1/s1. The van der Waals surface area contributed by atoms with Crippen molar-refractivity contribution in [1.82, 2.24) is 0 Å². The summed E-state index contributed by atoms with van der Waals surface area (Å²) in [5.41, 5.74) is 0.718. The Bertz CT molecular complexity index is 552. The van der Waals surface area contributed by atoms with Crippen LogP contribution in [0.2, 0.25) is 0 Å². The fraction of sp³-hybridized carbons (Fsp3) is 0.214. The topological polar surface area (TPSA) is 21.6 Å². The van der Waals surface area contributed by atoms with Crippen LogP contribution < -0.4 is 0 Å². The Kier molecular flexibility index (Phi) is 2.88. The van der Waals surface area contributed by atoms with Crippen LogP contribution in [0.5, 0.6) is 0 Å². The second-order valence-electron chi connectivity index (χ2n) is 4.28. The van der Waals surface area contributed by atoms with Gasteiger partial charge < -0.3 is 4.84 Å². The number of nitrogens with zero attached hydrogens (tertiary/aromatic N) is 1. The highest BCUT2D eigenvalue weighted by Crippen LogP contribution is 2.37. The van der Waals surface area contributed by atoms with E-state index in [9.17, 15) is 4.39 Å². The summed E-state index contributed by atoms with van der Waals surface area (Å²) >= 11 is 1.59. The first-order valence-electron chi connectivity index (χ1n) is 5.74. The Morgan fingerprint density at radius 2 is 2.06 bits per heavy atom. The van der Waals surface area contributed by atoms with E-state index < -0.39 is 12.3 Å². The van der Waals surface area contributed by atoms with Crippen molar-refractivity contribution >= 4 is 17.0 Å². The van der Waals surface area contributed by atoms with Crippen LogP contribution in [0.4, 0.5) is 4.39 Å². The maximum absolute atomic E-state index is 13.5. The molecule has 1 aliphatic rings. The van der Waals surface area contributed by atoms with E-state index in [0.717, 1.165) is 16.2 Å². The molecule has 4 heteroatoms. The number of rotatable bonds is 3. The molecule has 0 radical (unpaired) electrons. The smallest absolute Gasteiger partial charge is 0.196 e. The summed E-state index contributed by atoms with van der Waals surface area (Å²) < 4.78 is 13.5. The van der Waals surface area contributed by atoms with E-state index in [1.54, 1.807) is 11.3 Å². The van der Waals surface area contributed by atoms with Crippen molar-refractivity contribution in [3.05, 3.63) is 58.3 Å². The van der Waals surface area contributed by atoms with Gasteiger partial charge in [-0.25, -0.2) is 4.39 Å². The Morgan fingerprint density at radius 3 is 2.72 bits per heavy atom. The molecule has 0 bridgehead atoms. The molecular formula is C14H12FNOS. The first-order valence-corrected chi connectivity index (χ1v) is 6.62. The van der Waals surface area contributed by atoms with Crippen LogP contribution in [-0.2, 0) is 10.4 Å². The van der Waals surface area contributed by atoms with Crippen LogP contribution in [0.15, 0.2) is 53.0 Å². The molecule has 2 nitrogen and oxygen atoms in total. The molecule has 18 heavy (non-hydrogen) atoms. The second-order valence-corrected chi connectivity index (χ2v) is 5.22. The lowest BCUT2D eigenvalue weighted by atomic mass is 9.90. The van der Waals surface area contributed by atoms with Crippen LogP contribution in [0.1, 0.15) is 16.9 Å². The first kappa shape index (κ1) is 11.4. The summed E-state index contributed by atoms with van der Waals surface area (Å²) in [7, 11) is 0. The predicted molar refractivity (Wildman–Crippen MR) is 70.7 cm³/mol. The van der Waals surface area contributed by atoms with E-state index in [-0.39, 0.29) is 0 Å². The van der Waals surface area contributed by atoms with Crippen molar-refractivity contribution in [3.63, 3.8) is 0 Å². The molecule has 1 atom stereocenters. The minimum atomic E-state index is -0.944. The largest absolute Gasteiger partial charge is 0.381 e. The number of alkyl halides is 1. The zero-order valence-electron chi connectivity index (χ0n) is 9.67. The summed E-state index contributed by atoms with van der Waals surface area (Å²) in [5.74, 6) is 0. The highest BCUT2D eigenvalue weighted by atomic mass is 32.1. The Morgan fingerprint density at radius 1 is 1.22 bits per heavy atom. The molecule has 0 unspecified atom stereocenters. The molecule has 92 valence electrons. The predicted octanol–water partition coefficient (Wildman–Crippen LogP) is 3.74. The third-order valence-corrected chi connectivity index (χ3v) is 4.02. The molecule has 3 rings (SSSR count). The SMILES string of the molecule is FC[C@@]1(c2ccccc2)CC(c2cccs2)=NO1. The van der Waals surface area contributed by atoms with Crippen LogP contribution in [0.3, 0.4) is 0 Å². The van der Waals surface area contributed by atoms with E-state index in [4.69, 9.17) is 4.84 Å². The maximum atomic E-state index is 13.5. The van der Waals surface area contributed by atoms with Gasteiger partial charge in [0.05, 0.1) is 4.88 Å². The molecule has 0 fully saturated rings. The molecular weight excluding hydrogens is 249 g/mol. The summed E-state index contributed by atoms with van der Waals surface area (Å²) in [6.07, 6.45) is 0.480. The second kappa shape index (κ2) is 4.53. The van der Waals surface area contributed by atoms with Crippen molar-refractivity contribution in [1.29, 1.82) is 0 Å². The molecule has 1 aliphatic heterocycles. The van der Waals surface area contributed by atoms with Crippen molar-refractivity contribution in [3.8, 4) is 0 Å². The van der Waals surface area contributed by atoms with Gasteiger partial charge in [0.25, 0.3) is 0 Å². The minimum absolute atomic E-state index is 0.480. The van der Waals surface area contributed by atoms with Gasteiger partial charge in [0.2, 0.25) is 0 Å². The van der Waals surface area contributed by atoms with Gasteiger partial charge in [-0.15, -0.1) is 11.3 Å². The highest BCUT2D eigenvalue weighted by Gasteiger charge is 2.41. The zero-order chi connectivity index (χ0) is 12.4. The van der Waals surface area contributed by atoms with Crippen LogP contribution in [-0.4, -0.2) is 12.4 Å². The molecule has 1 aromatic heterocycles. The molecule has 0 N–H and O–H groups in total. The average Bonchev–Trinajstić information content (AvgIpc) is 3.09. The lowest BCUT2D eigenvalue weighted by Crippen LogP contribution is -2.28. The molecule has 0 saturated heterocycles. The molecule has 1 aromatic carbocycles. The Balaban J connectivity index is 1.90. The van der Waals surface area contributed by atoms with Crippen LogP contribution >= 0.6 is 11.3 Å². The van der Waals surface area contributed by atoms with Gasteiger partial charge in [0.1, 0.15) is 12.4 Å². The van der Waals surface area contributed by atoms with Crippen LogP contribution in [0, 0.1) is 0 Å². The van der Waals surface area contributed by atoms with Crippen molar-refractivity contribution < 1.29 is 9.23 Å². The highest BCUT2D eigenvalue weighted by molar-refractivity contribution is 7.12. The van der Waals surface area contributed by atoms with Gasteiger partial charge in [-0.05, 0) is 11.4 Å². The monoisotopic (exact) mass is 261 g/mol. The fourth-order valence-corrected chi connectivity index (χ4v) is 2.80. The lowest BCUT2D eigenvalue weighted by molar-refractivity contribution is -0.0407. The van der Waals surface area contributed by atoms with E-state index in [0.29, 0.717) is 6.42 Å². The average molecular weight is 261 g/mol. The van der Waals surface area contributed by atoms with Crippen LogP contribution in [0.25, 0.3) is 0 Å². The number of oxime groups is 1. The van der Waals surface area contributed by atoms with Gasteiger partial charge in [0, 0.05) is 12.0 Å². The van der Waals surface area contributed by atoms with Gasteiger partial charge in [-0.2, -0.15) is 0 Å². The Hall–Kier alpha value is -1.68. The third-order valence-electron chi connectivity index (χ3n) is 3.10. The number of thiophene rings is 1. The number of benzene rings is 1. The Labute approximate surface area is 109 Å². The lowest BCUT2D eigenvalue weighted by Gasteiger charge is -2.23. The van der Waals surface area contributed by atoms with Crippen molar-refractivity contribution in [2.45, 2.75) is 12.0 Å². The summed E-state index contributed by atoms with van der Waals surface area (Å²) in [6.45, 7) is -0.574. The molecule has 2 heterocycles. The molecule has 0 amide bonds. The maximum Gasteiger partial charge on any atom is 0.196 e. The van der Waals surface area contributed by atoms with E-state index in [1.807, 2.05) is 47.8 Å². The number of hydrogen-bond donors (Lipinski definition) is 0. The summed E-state index contributed by atoms with van der Waals surface area (Å²) in [5, 5.41) is 6.05. The third kappa shape index (κ3) is 1.82. The normalized spacial score (nSPS) is 22.6. The van der Waals surface area contributed by atoms with Gasteiger partial charge in [0.15, 0.2) is 5.60 Å². The van der Waals surface area contributed by atoms with E-state index in [1.165, 1.54) is 0 Å². The first-order chi connectivity index (χ1) is 8.84. The minimum Gasteiger partial charge on any atom is -0.381 e. The van der Waals surface area contributed by atoms with E-state index >= 15 is 0 Å². The molecule has 0 spiro atoms. The molecule has 0 aliphatic carbocycles. The molecule has 2 aromatic rings. The fourth-order valence-electron chi connectivity index (χ4n) is 2.10. The quantitative estimate of drug-likeness (QED) is 0.824. The van der Waals surface area contributed by atoms with Crippen molar-refractivity contribution in [2.24, 2.45) is 5.16 Å². The van der Waals surface area contributed by atoms with Gasteiger partial charge in [-0.3, -0.25) is 0 Å².